The highest BCUT2D eigenvalue weighted by Gasteiger charge is 2.17. The molecule has 25 heavy (non-hydrogen) atoms. The topological polar surface area (TPSA) is 65.5 Å². The molecule has 0 fully saturated rings. The highest BCUT2D eigenvalue weighted by molar-refractivity contribution is 7.16. The fourth-order valence-corrected chi connectivity index (χ4v) is 3.52. The van der Waals surface area contributed by atoms with Gasteiger partial charge in [0.2, 0.25) is 5.75 Å². The van der Waals surface area contributed by atoms with Crippen molar-refractivity contribution in [2.24, 2.45) is 0 Å². The molecule has 1 N–H and O–H groups in total. The van der Waals surface area contributed by atoms with Gasteiger partial charge in [-0.2, -0.15) is 0 Å². The molecule has 0 amide bonds. The smallest absolute Gasteiger partial charge is 0.203 e. The molecule has 1 aromatic carbocycles. The zero-order chi connectivity index (χ0) is 18.0. The lowest BCUT2D eigenvalue weighted by molar-refractivity contribution is 0.323. The van der Waals surface area contributed by atoms with Crippen molar-refractivity contribution < 1.29 is 14.2 Å². The van der Waals surface area contributed by atoms with Gasteiger partial charge in [-0.25, -0.2) is 9.97 Å². The molecule has 0 unspecified atom stereocenters. The van der Waals surface area contributed by atoms with Crippen LogP contribution in [0.25, 0.3) is 10.2 Å². The first-order chi connectivity index (χ1) is 12.1. The van der Waals surface area contributed by atoms with Crippen molar-refractivity contribution in [1.29, 1.82) is 0 Å². The summed E-state index contributed by atoms with van der Waals surface area (Å²) in [6.07, 6.45) is 0. The Morgan fingerprint density at radius 1 is 1.04 bits per heavy atom. The van der Waals surface area contributed by atoms with Crippen molar-refractivity contribution in [3.05, 3.63) is 35.0 Å². The third kappa shape index (κ3) is 3.32. The van der Waals surface area contributed by atoms with E-state index in [0.29, 0.717) is 17.2 Å². The van der Waals surface area contributed by atoms with Gasteiger partial charge in [0.05, 0.1) is 32.8 Å². The lowest BCUT2D eigenvalue weighted by Gasteiger charge is -2.19. The number of nitrogens with zero attached hydrogens (tertiary/aromatic N) is 2. The van der Waals surface area contributed by atoms with Crippen molar-refractivity contribution in [3.8, 4) is 17.2 Å². The third-order valence-electron chi connectivity index (χ3n) is 3.98. The highest BCUT2D eigenvalue weighted by atomic mass is 32.1. The average Bonchev–Trinajstić information content (AvgIpc) is 3.08. The van der Waals surface area contributed by atoms with Crippen molar-refractivity contribution in [2.45, 2.75) is 19.9 Å². The van der Waals surface area contributed by atoms with Gasteiger partial charge in [-0.3, -0.25) is 0 Å². The van der Waals surface area contributed by atoms with Crippen molar-refractivity contribution in [3.63, 3.8) is 0 Å². The number of anilines is 1. The summed E-state index contributed by atoms with van der Waals surface area (Å²) in [4.78, 5) is 10.00. The molecule has 1 atom stereocenters. The van der Waals surface area contributed by atoms with Gasteiger partial charge < -0.3 is 19.5 Å². The molecular formula is C18H21N3O3S. The second-order valence-electron chi connectivity index (χ2n) is 5.58. The van der Waals surface area contributed by atoms with Gasteiger partial charge in [-0.15, -0.1) is 11.3 Å². The third-order valence-corrected chi connectivity index (χ3v) is 4.78. The van der Waals surface area contributed by atoms with Crippen molar-refractivity contribution >= 4 is 27.4 Å². The first kappa shape index (κ1) is 17.3. The Labute approximate surface area is 150 Å². The van der Waals surface area contributed by atoms with E-state index in [1.807, 2.05) is 30.5 Å². The Bertz CT molecular complexity index is 869. The minimum absolute atomic E-state index is 0.00824. The van der Waals surface area contributed by atoms with Gasteiger partial charge in [0, 0.05) is 0 Å². The van der Waals surface area contributed by atoms with Crippen LogP contribution in [0.1, 0.15) is 24.4 Å². The van der Waals surface area contributed by atoms with Gasteiger partial charge in [0.1, 0.15) is 16.5 Å². The number of fused-ring (bicyclic) bond motifs is 1. The van der Waals surface area contributed by atoms with Gasteiger partial charge in [0.15, 0.2) is 11.5 Å². The van der Waals surface area contributed by atoms with Crippen LogP contribution in [0, 0.1) is 6.92 Å². The van der Waals surface area contributed by atoms with Crippen LogP contribution in [0.3, 0.4) is 0 Å². The average molecular weight is 359 g/mol. The van der Waals surface area contributed by atoms with E-state index in [1.165, 1.54) is 0 Å². The minimum atomic E-state index is -0.00824. The van der Waals surface area contributed by atoms with E-state index in [1.54, 1.807) is 32.7 Å². The quantitative estimate of drug-likeness (QED) is 0.712. The lowest BCUT2D eigenvalue weighted by Crippen LogP contribution is -2.10. The number of hydrogen-bond donors (Lipinski definition) is 1. The van der Waals surface area contributed by atoms with E-state index in [9.17, 15) is 0 Å². The number of ether oxygens (including phenoxy) is 3. The standard InChI is InChI=1S/C18H21N3O3S/c1-10(12-8-14(22-3)16(24-5)15(9-12)23-4)19-17-13-6-7-25-18(13)21-11(2)20-17/h6-10H,1-5H3,(H,19,20,21)/t10-/m0/s1. The molecular weight excluding hydrogens is 338 g/mol. The zero-order valence-corrected chi connectivity index (χ0v) is 15.7. The molecule has 0 spiro atoms. The molecule has 3 aromatic rings. The molecule has 132 valence electrons. The molecule has 2 aromatic heterocycles. The molecule has 0 saturated heterocycles. The van der Waals surface area contributed by atoms with Gasteiger partial charge in [0.25, 0.3) is 0 Å². The fraction of sp³-hybridized carbons (Fsp3) is 0.333. The number of benzene rings is 1. The molecule has 2 heterocycles. The summed E-state index contributed by atoms with van der Waals surface area (Å²) in [7, 11) is 4.82. The molecule has 0 aliphatic rings. The summed E-state index contributed by atoms with van der Waals surface area (Å²) in [6.45, 7) is 3.96. The fourth-order valence-electron chi connectivity index (χ4n) is 2.71. The minimum Gasteiger partial charge on any atom is -0.493 e. The van der Waals surface area contributed by atoms with Crippen LogP contribution in [0.4, 0.5) is 5.82 Å². The normalized spacial score (nSPS) is 12.0. The van der Waals surface area contributed by atoms with Crippen LogP contribution in [0.2, 0.25) is 0 Å². The van der Waals surface area contributed by atoms with Crippen molar-refractivity contribution in [1.82, 2.24) is 9.97 Å². The monoisotopic (exact) mass is 359 g/mol. The van der Waals surface area contributed by atoms with E-state index in [2.05, 4.69) is 22.2 Å². The maximum atomic E-state index is 5.44. The number of rotatable bonds is 6. The van der Waals surface area contributed by atoms with Crippen LogP contribution in [-0.4, -0.2) is 31.3 Å². The SMILES string of the molecule is COc1cc([C@H](C)Nc2nc(C)nc3sccc23)cc(OC)c1OC. The van der Waals surface area contributed by atoms with Crippen LogP contribution in [0.15, 0.2) is 23.6 Å². The molecule has 0 radical (unpaired) electrons. The Balaban J connectivity index is 1.97. The lowest BCUT2D eigenvalue weighted by atomic mass is 10.1. The van der Waals surface area contributed by atoms with Gasteiger partial charge in [-0.1, -0.05) is 0 Å². The maximum Gasteiger partial charge on any atom is 0.203 e. The second-order valence-corrected chi connectivity index (χ2v) is 6.48. The summed E-state index contributed by atoms with van der Waals surface area (Å²) in [6, 6.07) is 5.91. The largest absolute Gasteiger partial charge is 0.493 e. The molecule has 3 rings (SSSR count). The zero-order valence-electron chi connectivity index (χ0n) is 14.9. The predicted octanol–water partition coefficient (Wildman–Crippen LogP) is 4.20. The summed E-state index contributed by atoms with van der Waals surface area (Å²) in [5.41, 5.74) is 1.01. The van der Waals surface area contributed by atoms with E-state index in [-0.39, 0.29) is 6.04 Å². The number of nitrogens with one attached hydrogen (secondary N) is 1. The predicted molar refractivity (Wildman–Crippen MR) is 100 cm³/mol. The van der Waals surface area contributed by atoms with E-state index >= 15 is 0 Å². The number of aryl methyl sites for hydroxylation is 1. The summed E-state index contributed by atoms with van der Waals surface area (Å²) in [5, 5.41) is 6.52. The van der Waals surface area contributed by atoms with Crippen molar-refractivity contribution in [2.75, 3.05) is 26.6 Å². The van der Waals surface area contributed by atoms with Crippen LogP contribution in [-0.2, 0) is 0 Å². The molecule has 0 aliphatic heterocycles. The number of thiophene rings is 1. The van der Waals surface area contributed by atoms with E-state index < -0.39 is 0 Å². The van der Waals surface area contributed by atoms with Crippen LogP contribution in [0.5, 0.6) is 17.2 Å². The molecule has 0 bridgehead atoms. The molecule has 0 aliphatic carbocycles. The number of methoxy groups -OCH3 is 3. The number of hydrogen-bond acceptors (Lipinski definition) is 7. The Morgan fingerprint density at radius 2 is 1.72 bits per heavy atom. The molecule has 6 nitrogen and oxygen atoms in total. The Hall–Kier alpha value is -2.54. The maximum absolute atomic E-state index is 5.44. The van der Waals surface area contributed by atoms with Gasteiger partial charge in [-0.05, 0) is 43.0 Å². The summed E-state index contributed by atoms with van der Waals surface area (Å²) < 4.78 is 16.3. The van der Waals surface area contributed by atoms with E-state index in [4.69, 9.17) is 14.2 Å². The van der Waals surface area contributed by atoms with E-state index in [0.717, 1.165) is 27.4 Å². The summed E-state index contributed by atoms with van der Waals surface area (Å²) >= 11 is 1.61. The molecule has 0 saturated carbocycles. The van der Waals surface area contributed by atoms with Gasteiger partial charge >= 0.3 is 0 Å². The summed E-state index contributed by atoms with van der Waals surface area (Å²) in [5.74, 6) is 3.41. The second kappa shape index (κ2) is 7.14. The molecule has 7 heteroatoms. The van der Waals surface area contributed by atoms with Crippen LogP contribution >= 0.6 is 11.3 Å². The first-order valence-corrected chi connectivity index (χ1v) is 8.73. The Kier molecular flexibility index (Phi) is 4.94. The van der Waals surface area contributed by atoms with Crippen LogP contribution < -0.4 is 19.5 Å². The number of aromatic nitrogens is 2. The highest BCUT2D eigenvalue weighted by Crippen LogP contribution is 2.40. The first-order valence-electron chi connectivity index (χ1n) is 7.85. The Morgan fingerprint density at radius 3 is 2.32 bits per heavy atom.